The van der Waals surface area contributed by atoms with Crippen molar-refractivity contribution in [2.24, 2.45) is 0 Å². The minimum absolute atomic E-state index is 0.0732. The van der Waals surface area contributed by atoms with Crippen molar-refractivity contribution in [2.75, 3.05) is 5.32 Å². The fourth-order valence-corrected chi connectivity index (χ4v) is 2.17. The Kier molecular flexibility index (Phi) is 5.31. The Hall–Kier alpha value is -1.46. The van der Waals surface area contributed by atoms with Crippen molar-refractivity contribution in [3.63, 3.8) is 0 Å². The van der Waals surface area contributed by atoms with Gasteiger partial charge >= 0.3 is 0 Å². The summed E-state index contributed by atoms with van der Waals surface area (Å²) in [6, 6.07) is 6.27. The number of nitrogens with one attached hydrogen (secondary N) is 1. The lowest BCUT2D eigenvalue weighted by molar-refractivity contribution is 0.620. The summed E-state index contributed by atoms with van der Waals surface area (Å²) in [5.41, 5.74) is 0.814. The number of alkyl halides is 1. The van der Waals surface area contributed by atoms with Crippen molar-refractivity contribution in [2.45, 2.75) is 31.7 Å². The number of nitrogens with zero attached hydrogens (tertiary/aromatic N) is 3. The molecule has 2 rings (SSSR count). The van der Waals surface area contributed by atoms with E-state index in [-0.39, 0.29) is 22.5 Å². The zero-order chi connectivity index (χ0) is 15.4. The van der Waals surface area contributed by atoms with Crippen LogP contribution in [0.4, 0.5) is 10.3 Å². The molecule has 21 heavy (non-hydrogen) atoms. The van der Waals surface area contributed by atoms with Crippen LogP contribution in [0.1, 0.15) is 43.1 Å². The van der Waals surface area contributed by atoms with E-state index in [0.29, 0.717) is 11.8 Å². The van der Waals surface area contributed by atoms with Gasteiger partial charge in [0, 0.05) is 0 Å². The first-order chi connectivity index (χ1) is 9.99. The number of hydrogen-bond donors (Lipinski definition) is 1. The molecule has 0 bridgehead atoms. The van der Waals surface area contributed by atoms with Gasteiger partial charge in [0.25, 0.3) is 0 Å². The average Bonchev–Trinajstić information content (AvgIpc) is 2.44. The highest BCUT2D eigenvalue weighted by atomic mass is 35.5. The number of halogens is 3. The predicted octanol–water partition coefficient (Wildman–Crippen LogP) is 4.53. The molecule has 0 amide bonds. The Morgan fingerprint density at radius 3 is 2.67 bits per heavy atom. The molecule has 1 N–H and O–H groups in total. The van der Waals surface area contributed by atoms with Gasteiger partial charge in [0.2, 0.25) is 11.2 Å². The van der Waals surface area contributed by atoms with E-state index < -0.39 is 0 Å². The Bertz CT molecular complexity index is 622. The lowest BCUT2D eigenvalue weighted by Crippen LogP contribution is -2.14. The highest BCUT2D eigenvalue weighted by Gasteiger charge is 2.14. The van der Waals surface area contributed by atoms with Gasteiger partial charge in [0.1, 0.15) is 5.82 Å². The van der Waals surface area contributed by atoms with Crippen molar-refractivity contribution in [1.82, 2.24) is 15.0 Å². The van der Waals surface area contributed by atoms with E-state index in [9.17, 15) is 4.39 Å². The van der Waals surface area contributed by atoms with E-state index in [0.717, 1.165) is 12.0 Å². The molecule has 112 valence electrons. The molecule has 1 heterocycles. The van der Waals surface area contributed by atoms with Gasteiger partial charge in [-0.15, -0.1) is 11.6 Å². The number of hydrogen-bond acceptors (Lipinski definition) is 4. The Balaban J connectivity index is 2.26. The normalized spacial score (nSPS) is 13.8. The van der Waals surface area contributed by atoms with Crippen LogP contribution in [0.25, 0.3) is 0 Å². The van der Waals surface area contributed by atoms with Gasteiger partial charge in [-0.05, 0) is 42.6 Å². The summed E-state index contributed by atoms with van der Waals surface area (Å²) in [6.45, 7) is 3.73. The van der Waals surface area contributed by atoms with E-state index in [4.69, 9.17) is 23.2 Å². The van der Waals surface area contributed by atoms with Crippen molar-refractivity contribution < 1.29 is 4.39 Å². The molecule has 2 unspecified atom stereocenters. The summed E-state index contributed by atoms with van der Waals surface area (Å²) < 4.78 is 13.3. The highest BCUT2D eigenvalue weighted by molar-refractivity contribution is 6.28. The van der Waals surface area contributed by atoms with Gasteiger partial charge in [0.05, 0.1) is 11.4 Å². The van der Waals surface area contributed by atoms with Crippen LogP contribution in [-0.4, -0.2) is 15.0 Å². The summed E-state index contributed by atoms with van der Waals surface area (Å²) in [6.07, 6.45) is 0.735. The second-order valence-electron chi connectivity index (χ2n) is 4.56. The number of aromatic nitrogens is 3. The van der Waals surface area contributed by atoms with Crippen LogP contribution in [0.3, 0.4) is 0 Å². The van der Waals surface area contributed by atoms with E-state index >= 15 is 0 Å². The lowest BCUT2D eigenvalue weighted by atomic mass is 10.0. The second-order valence-corrected chi connectivity index (χ2v) is 5.56. The van der Waals surface area contributed by atoms with Crippen molar-refractivity contribution >= 4 is 29.2 Å². The van der Waals surface area contributed by atoms with Crippen LogP contribution < -0.4 is 5.32 Å². The van der Waals surface area contributed by atoms with Crippen LogP contribution in [0.5, 0.6) is 0 Å². The molecule has 4 nitrogen and oxygen atoms in total. The van der Waals surface area contributed by atoms with E-state index in [2.05, 4.69) is 20.3 Å². The van der Waals surface area contributed by atoms with Crippen LogP contribution >= 0.6 is 23.2 Å². The molecule has 0 saturated heterocycles. The average molecular weight is 329 g/mol. The minimum Gasteiger partial charge on any atom is -0.347 e. The zero-order valence-corrected chi connectivity index (χ0v) is 13.2. The molecular formula is C14H15Cl2FN4. The molecule has 1 aromatic heterocycles. The third-order valence-corrected chi connectivity index (χ3v) is 3.31. The van der Waals surface area contributed by atoms with Crippen molar-refractivity contribution in [3.8, 4) is 0 Å². The SMILES string of the molecule is CCC(Nc1nc(Cl)nc(C(C)Cl)n1)c1cccc(F)c1. The second kappa shape index (κ2) is 7.00. The molecule has 2 aromatic rings. The van der Waals surface area contributed by atoms with Gasteiger partial charge in [-0.25, -0.2) is 9.37 Å². The van der Waals surface area contributed by atoms with E-state index in [1.54, 1.807) is 13.0 Å². The van der Waals surface area contributed by atoms with Gasteiger partial charge in [-0.2, -0.15) is 9.97 Å². The maximum Gasteiger partial charge on any atom is 0.227 e. The number of benzene rings is 1. The summed E-state index contributed by atoms with van der Waals surface area (Å²) in [5, 5.41) is 2.83. The molecule has 2 atom stereocenters. The third-order valence-electron chi connectivity index (χ3n) is 2.94. The molecule has 0 saturated carbocycles. The summed E-state index contributed by atoms with van der Waals surface area (Å²) >= 11 is 11.8. The maximum atomic E-state index is 13.3. The summed E-state index contributed by atoms with van der Waals surface area (Å²) in [5.74, 6) is 0.443. The predicted molar refractivity (Wildman–Crippen MR) is 82.2 cm³/mol. The topological polar surface area (TPSA) is 50.7 Å². The standard InChI is InChI=1S/C14H15Cl2FN4/c1-3-11(9-5-4-6-10(17)7-9)18-14-20-12(8(2)15)19-13(16)21-14/h4-8,11H,3H2,1-2H3,(H,18,19,20,21). The lowest BCUT2D eigenvalue weighted by Gasteiger charge is -2.18. The molecule has 7 heteroatoms. The fraction of sp³-hybridized carbons (Fsp3) is 0.357. The van der Waals surface area contributed by atoms with Gasteiger partial charge in [-0.1, -0.05) is 19.1 Å². The number of anilines is 1. The quantitative estimate of drug-likeness (QED) is 0.819. The van der Waals surface area contributed by atoms with Gasteiger partial charge in [-0.3, -0.25) is 0 Å². The maximum absolute atomic E-state index is 13.3. The van der Waals surface area contributed by atoms with Gasteiger partial charge in [0.15, 0.2) is 5.82 Å². The van der Waals surface area contributed by atoms with E-state index in [1.165, 1.54) is 12.1 Å². The first-order valence-electron chi connectivity index (χ1n) is 6.57. The molecule has 0 aliphatic heterocycles. The monoisotopic (exact) mass is 328 g/mol. The van der Waals surface area contributed by atoms with Crippen LogP contribution in [0.15, 0.2) is 24.3 Å². The Labute approximate surface area is 132 Å². The molecule has 0 radical (unpaired) electrons. The van der Waals surface area contributed by atoms with Crippen LogP contribution in [0.2, 0.25) is 5.28 Å². The fourth-order valence-electron chi connectivity index (χ4n) is 1.91. The summed E-state index contributed by atoms with van der Waals surface area (Å²) in [4.78, 5) is 12.2. The third kappa shape index (κ3) is 4.25. The molecule has 1 aromatic carbocycles. The van der Waals surface area contributed by atoms with Crippen molar-refractivity contribution in [3.05, 3.63) is 46.8 Å². The van der Waals surface area contributed by atoms with E-state index in [1.807, 2.05) is 13.0 Å². The Morgan fingerprint density at radius 1 is 1.29 bits per heavy atom. The van der Waals surface area contributed by atoms with Crippen LogP contribution in [-0.2, 0) is 0 Å². The van der Waals surface area contributed by atoms with Crippen molar-refractivity contribution in [1.29, 1.82) is 0 Å². The molecular weight excluding hydrogens is 314 g/mol. The smallest absolute Gasteiger partial charge is 0.227 e. The summed E-state index contributed by atoms with van der Waals surface area (Å²) in [7, 11) is 0. The first kappa shape index (κ1) is 15.9. The molecule has 0 aliphatic rings. The molecule has 0 fully saturated rings. The van der Waals surface area contributed by atoms with Gasteiger partial charge < -0.3 is 5.32 Å². The Morgan fingerprint density at radius 2 is 2.05 bits per heavy atom. The largest absolute Gasteiger partial charge is 0.347 e. The van der Waals surface area contributed by atoms with Crippen LogP contribution in [0, 0.1) is 5.82 Å². The number of rotatable bonds is 5. The minimum atomic E-state index is -0.375. The molecule has 0 spiro atoms. The highest BCUT2D eigenvalue weighted by Crippen LogP contribution is 2.23. The first-order valence-corrected chi connectivity index (χ1v) is 7.38. The molecule has 0 aliphatic carbocycles. The zero-order valence-electron chi connectivity index (χ0n) is 11.6.